The third-order valence-corrected chi connectivity index (χ3v) is 2.79. The van der Waals surface area contributed by atoms with Crippen molar-refractivity contribution < 1.29 is 22.0 Å². The molecule has 0 unspecified atom stereocenters. The lowest BCUT2D eigenvalue weighted by molar-refractivity contribution is -0.137. The van der Waals surface area contributed by atoms with E-state index in [0.717, 1.165) is 18.3 Å². The van der Waals surface area contributed by atoms with E-state index < -0.39 is 24.2 Å². The molecule has 2 rings (SSSR count). The molecule has 18 heavy (non-hydrogen) atoms. The Kier molecular flexibility index (Phi) is 3.16. The van der Waals surface area contributed by atoms with Gasteiger partial charge in [-0.25, -0.2) is 13.8 Å². The molecule has 1 saturated heterocycles. The van der Waals surface area contributed by atoms with Crippen molar-refractivity contribution in [3.8, 4) is 0 Å². The maximum atomic E-state index is 13.2. The van der Waals surface area contributed by atoms with Crippen LogP contribution in [0.4, 0.5) is 27.8 Å². The molecule has 1 aromatic heterocycles. The van der Waals surface area contributed by atoms with Crippen molar-refractivity contribution in [3.63, 3.8) is 0 Å². The fourth-order valence-corrected chi connectivity index (χ4v) is 1.93. The molecule has 0 N–H and O–H groups in total. The van der Waals surface area contributed by atoms with Crippen molar-refractivity contribution in [2.24, 2.45) is 0 Å². The molecule has 1 fully saturated rings. The quantitative estimate of drug-likeness (QED) is 0.725. The molecule has 1 aliphatic heterocycles. The molecule has 0 radical (unpaired) electrons. The fraction of sp³-hybridized carbons (Fsp3) is 0.545. The molecule has 100 valence electrons. The Labute approximate surface area is 100 Å². The largest absolute Gasteiger partial charge is 0.416 e. The van der Waals surface area contributed by atoms with Gasteiger partial charge in [-0.2, -0.15) is 13.2 Å². The van der Waals surface area contributed by atoms with Gasteiger partial charge in [0.2, 0.25) is 0 Å². The number of anilines is 1. The summed E-state index contributed by atoms with van der Waals surface area (Å²) in [5, 5.41) is 0. The number of rotatable bonds is 1. The van der Waals surface area contributed by atoms with Crippen LogP contribution in [0.3, 0.4) is 0 Å². The molecule has 1 aromatic rings. The summed E-state index contributed by atoms with van der Waals surface area (Å²) in [6, 6.07) is 1.63. The number of hydrogen-bond acceptors (Lipinski definition) is 2. The van der Waals surface area contributed by atoms with E-state index in [-0.39, 0.29) is 18.7 Å². The van der Waals surface area contributed by atoms with Crippen LogP contribution in [-0.4, -0.2) is 24.0 Å². The monoisotopic (exact) mass is 266 g/mol. The van der Waals surface area contributed by atoms with Gasteiger partial charge in [0.05, 0.1) is 12.1 Å². The molecular formula is C11H11F5N2. The van der Waals surface area contributed by atoms with Crippen LogP contribution in [0, 0.1) is 0 Å². The van der Waals surface area contributed by atoms with Gasteiger partial charge in [-0.15, -0.1) is 0 Å². The first-order chi connectivity index (χ1) is 8.28. The summed E-state index contributed by atoms with van der Waals surface area (Å²) in [6.45, 7) is -0.286. The van der Waals surface area contributed by atoms with Crippen LogP contribution >= 0.6 is 0 Å². The smallest absolute Gasteiger partial charge is 0.351 e. The van der Waals surface area contributed by atoms with E-state index >= 15 is 0 Å². The molecule has 0 amide bonds. The number of piperidine rings is 1. The fourth-order valence-electron chi connectivity index (χ4n) is 1.93. The summed E-state index contributed by atoms with van der Waals surface area (Å²) >= 11 is 0. The third-order valence-electron chi connectivity index (χ3n) is 2.79. The van der Waals surface area contributed by atoms with Gasteiger partial charge in [0.15, 0.2) is 0 Å². The van der Waals surface area contributed by atoms with E-state index in [0.29, 0.717) is 6.54 Å². The first-order valence-corrected chi connectivity index (χ1v) is 5.44. The first-order valence-electron chi connectivity index (χ1n) is 5.44. The average molecular weight is 266 g/mol. The third kappa shape index (κ3) is 2.88. The molecule has 1 aliphatic rings. The predicted molar refractivity (Wildman–Crippen MR) is 55.6 cm³/mol. The van der Waals surface area contributed by atoms with Gasteiger partial charge in [-0.05, 0) is 18.6 Å². The van der Waals surface area contributed by atoms with Crippen molar-refractivity contribution in [2.75, 3.05) is 18.0 Å². The van der Waals surface area contributed by atoms with E-state index in [2.05, 4.69) is 4.98 Å². The van der Waals surface area contributed by atoms with E-state index in [4.69, 9.17) is 0 Å². The lowest BCUT2D eigenvalue weighted by Crippen LogP contribution is -2.43. The summed E-state index contributed by atoms with van der Waals surface area (Å²) in [6.07, 6.45) is -3.49. The second-order valence-corrected chi connectivity index (χ2v) is 4.28. The second-order valence-electron chi connectivity index (χ2n) is 4.28. The van der Waals surface area contributed by atoms with Gasteiger partial charge in [-0.3, -0.25) is 0 Å². The van der Waals surface area contributed by atoms with Crippen molar-refractivity contribution in [1.82, 2.24) is 4.98 Å². The number of nitrogens with zero attached hydrogens (tertiary/aromatic N) is 2. The van der Waals surface area contributed by atoms with Crippen molar-refractivity contribution >= 4 is 5.82 Å². The zero-order chi connectivity index (χ0) is 13.4. The Bertz CT molecular complexity index is 430. The Morgan fingerprint density at radius 3 is 2.61 bits per heavy atom. The highest BCUT2D eigenvalue weighted by Gasteiger charge is 2.37. The molecule has 2 nitrogen and oxygen atoms in total. The van der Waals surface area contributed by atoms with Gasteiger partial charge in [0.25, 0.3) is 5.92 Å². The SMILES string of the molecule is FC1(F)CCCN(c2cc(C(F)(F)F)ccn2)C1. The van der Waals surface area contributed by atoms with E-state index in [1.165, 1.54) is 4.90 Å². The average Bonchev–Trinajstić information content (AvgIpc) is 2.27. The van der Waals surface area contributed by atoms with Crippen molar-refractivity contribution in [2.45, 2.75) is 24.9 Å². The van der Waals surface area contributed by atoms with E-state index in [1.807, 2.05) is 0 Å². The molecule has 2 heterocycles. The summed E-state index contributed by atoms with van der Waals surface area (Å²) in [4.78, 5) is 4.93. The van der Waals surface area contributed by atoms with Gasteiger partial charge < -0.3 is 4.90 Å². The molecule has 7 heteroatoms. The highest BCUT2D eigenvalue weighted by atomic mass is 19.4. The number of aromatic nitrogens is 1. The lowest BCUT2D eigenvalue weighted by atomic mass is 10.1. The second kappa shape index (κ2) is 4.37. The summed E-state index contributed by atoms with van der Waals surface area (Å²) < 4.78 is 63.8. The Morgan fingerprint density at radius 2 is 2.00 bits per heavy atom. The minimum absolute atomic E-state index is 0.0517. The number of pyridine rings is 1. The number of halogens is 5. The highest BCUT2D eigenvalue weighted by Crippen LogP contribution is 2.33. The zero-order valence-corrected chi connectivity index (χ0v) is 9.34. The molecule has 0 saturated carbocycles. The molecule has 0 bridgehead atoms. The molecule has 0 aliphatic carbocycles. The van der Waals surface area contributed by atoms with Crippen molar-refractivity contribution in [3.05, 3.63) is 23.9 Å². The summed E-state index contributed by atoms with van der Waals surface area (Å²) in [5.74, 6) is -2.92. The minimum Gasteiger partial charge on any atom is -0.351 e. The van der Waals surface area contributed by atoms with Crippen molar-refractivity contribution in [1.29, 1.82) is 0 Å². The highest BCUT2D eigenvalue weighted by molar-refractivity contribution is 5.42. The topological polar surface area (TPSA) is 16.1 Å². The summed E-state index contributed by atoms with van der Waals surface area (Å²) in [5.41, 5.74) is -0.874. The molecule has 0 aromatic carbocycles. The maximum Gasteiger partial charge on any atom is 0.416 e. The standard InChI is InChI=1S/C11H11F5N2/c12-10(13)3-1-5-18(7-10)9-6-8(2-4-17-9)11(14,15)16/h2,4,6H,1,3,5,7H2. The van der Waals surface area contributed by atoms with Crippen LogP contribution in [0.25, 0.3) is 0 Å². The Hall–Kier alpha value is -1.40. The van der Waals surface area contributed by atoms with E-state index in [1.54, 1.807) is 0 Å². The van der Waals surface area contributed by atoms with Crippen LogP contribution in [-0.2, 0) is 6.18 Å². The molecule has 0 atom stereocenters. The Morgan fingerprint density at radius 1 is 1.28 bits per heavy atom. The summed E-state index contributed by atoms with van der Waals surface area (Å²) in [7, 11) is 0. The van der Waals surface area contributed by atoms with Gasteiger partial charge in [-0.1, -0.05) is 0 Å². The van der Waals surface area contributed by atoms with Gasteiger partial charge in [0.1, 0.15) is 5.82 Å². The first kappa shape index (κ1) is 13.0. The zero-order valence-electron chi connectivity index (χ0n) is 9.34. The van der Waals surface area contributed by atoms with Crippen LogP contribution in [0.1, 0.15) is 18.4 Å². The minimum atomic E-state index is -4.49. The number of hydrogen-bond donors (Lipinski definition) is 0. The normalized spacial score (nSPS) is 19.9. The van der Waals surface area contributed by atoms with Crippen LogP contribution < -0.4 is 4.90 Å². The van der Waals surface area contributed by atoms with Gasteiger partial charge >= 0.3 is 6.18 Å². The van der Waals surface area contributed by atoms with Crippen LogP contribution in [0.2, 0.25) is 0 Å². The van der Waals surface area contributed by atoms with Gasteiger partial charge in [0, 0.05) is 19.2 Å². The predicted octanol–water partition coefficient (Wildman–Crippen LogP) is 3.34. The molecule has 0 spiro atoms. The number of alkyl halides is 5. The van der Waals surface area contributed by atoms with E-state index in [9.17, 15) is 22.0 Å². The molecular weight excluding hydrogens is 255 g/mol. The maximum absolute atomic E-state index is 13.2. The van der Waals surface area contributed by atoms with Crippen LogP contribution in [0.15, 0.2) is 18.3 Å². The van der Waals surface area contributed by atoms with Crippen LogP contribution in [0.5, 0.6) is 0 Å². The lowest BCUT2D eigenvalue weighted by Gasteiger charge is -2.33. The Balaban J connectivity index is 2.23.